The van der Waals surface area contributed by atoms with Crippen molar-refractivity contribution in [1.82, 2.24) is 10.1 Å². The van der Waals surface area contributed by atoms with Gasteiger partial charge in [0.15, 0.2) is 0 Å². The lowest BCUT2D eigenvalue weighted by Gasteiger charge is -2.05. The highest BCUT2D eigenvalue weighted by molar-refractivity contribution is 7.93. The van der Waals surface area contributed by atoms with Gasteiger partial charge in [0, 0.05) is 10.6 Å². The summed E-state index contributed by atoms with van der Waals surface area (Å²) in [6, 6.07) is 6.65. The molecule has 0 spiro atoms. The monoisotopic (exact) mass is 301 g/mol. The molecule has 0 saturated heterocycles. The first-order valence-corrected chi connectivity index (χ1v) is 7.42. The van der Waals surface area contributed by atoms with Crippen LogP contribution in [0.25, 0.3) is 11.4 Å². The molecule has 0 fully saturated rings. The second-order valence-electron chi connectivity index (χ2n) is 4.13. The first kappa shape index (κ1) is 13.8. The first-order valence-electron chi connectivity index (χ1n) is 5.50. The zero-order valence-electron chi connectivity index (χ0n) is 10.3. The van der Waals surface area contributed by atoms with E-state index < -0.39 is 15.3 Å². The predicted molar refractivity (Wildman–Crippen MR) is 72.4 cm³/mol. The highest BCUT2D eigenvalue weighted by atomic mass is 35.5. The smallest absolute Gasteiger partial charge is 0.314 e. The van der Waals surface area contributed by atoms with Gasteiger partial charge in [-0.15, -0.1) is 0 Å². The number of sulfonamides is 1. The van der Waals surface area contributed by atoms with E-state index in [1.165, 1.54) is 0 Å². The maximum Gasteiger partial charge on any atom is 0.335 e. The number of benzene rings is 1. The van der Waals surface area contributed by atoms with Crippen molar-refractivity contribution in [3.63, 3.8) is 0 Å². The molecule has 1 aromatic carbocycles. The lowest BCUT2D eigenvalue weighted by atomic mass is 10.2. The molecule has 6 nitrogen and oxygen atoms in total. The maximum absolute atomic E-state index is 11.6. The molecule has 0 aliphatic carbocycles. The molecule has 0 bridgehead atoms. The minimum Gasteiger partial charge on any atom is -0.314 e. The average molecular weight is 302 g/mol. The average Bonchev–Trinajstić information content (AvgIpc) is 2.77. The lowest BCUT2D eigenvalue weighted by Crippen LogP contribution is -2.22. The summed E-state index contributed by atoms with van der Waals surface area (Å²) in [5.41, 5.74) is 0.683. The van der Waals surface area contributed by atoms with E-state index in [1.807, 2.05) is 0 Å². The predicted octanol–water partition coefficient (Wildman–Crippen LogP) is 2.54. The van der Waals surface area contributed by atoms with Crippen LogP contribution in [-0.2, 0) is 10.0 Å². The van der Waals surface area contributed by atoms with E-state index in [1.54, 1.807) is 38.1 Å². The number of nitrogens with one attached hydrogen (secondary N) is 1. The minimum atomic E-state index is -3.49. The maximum atomic E-state index is 11.6. The molecule has 0 aliphatic heterocycles. The summed E-state index contributed by atoms with van der Waals surface area (Å²) in [5, 5.41) is 3.71. The van der Waals surface area contributed by atoms with E-state index in [9.17, 15) is 8.42 Å². The van der Waals surface area contributed by atoms with Crippen LogP contribution >= 0.6 is 11.6 Å². The summed E-state index contributed by atoms with van der Waals surface area (Å²) in [6.45, 7) is 3.11. The van der Waals surface area contributed by atoms with Crippen LogP contribution in [0.1, 0.15) is 13.8 Å². The Morgan fingerprint density at radius 2 is 1.89 bits per heavy atom. The molecule has 1 aromatic heterocycles. The quantitative estimate of drug-likeness (QED) is 0.938. The number of nitrogens with zero attached hydrogens (tertiary/aromatic N) is 2. The van der Waals surface area contributed by atoms with Gasteiger partial charge in [-0.2, -0.15) is 4.98 Å². The van der Waals surface area contributed by atoms with E-state index in [0.29, 0.717) is 10.6 Å². The van der Waals surface area contributed by atoms with Crippen molar-refractivity contribution in [2.75, 3.05) is 4.72 Å². The van der Waals surface area contributed by atoms with Gasteiger partial charge in [-0.3, -0.25) is 0 Å². The molecule has 102 valence electrons. The number of rotatable bonds is 4. The van der Waals surface area contributed by atoms with Crippen molar-refractivity contribution in [2.45, 2.75) is 19.1 Å². The van der Waals surface area contributed by atoms with Gasteiger partial charge in [0.1, 0.15) is 0 Å². The highest BCUT2D eigenvalue weighted by Crippen LogP contribution is 2.20. The van der Waals surface area contributed by atoms with Gasteiger partial charge in [-0.05, 0) is 38.1 Å². The van der Waals surface area contributed by atoms with E-state index in [2.05, 4.69) is 14.9 Å². The third kappa shape index (κ3) is 3.24. The van der Waals surface area contributed by atoms with Crippen LogP contribution in [0.3, 0.4) is 0 Å². The van der Waals surface area contributed by atoms with Crippen molar-refractivity contribution in [3.05, 3.63) is 29.3 Å². The zero-order chi connectivity index (χ0) is 14.0. The van der Waals surface area contributed by atoms with Gasteiger partial charge in [0.25, 0.3) is 0 Å². The molecule has 0 atom stereocenters. The molecule has 19 heavy (non-hydrogen) atoms. The third-order valence-corrected chi connectivity index (χ3v) is 4.33. The fourth-order valence-corrected chi connectivity index (χ4v) is 1.91. The van der Waals surface area contributed by atoms with Crippen molar-refractivity contribution in [1.29, 1.82) is 0 Å². The summed E-state index contributed by atoms with van der Waals surface area (Å²) in [5.74, 6) is 0.290. The van der Waals surface area contributed by atoms with Gasteiger partial charge < -0.3 is 4.52 Å². The molecule has 0 saturated carbocycles. The molecule has 0 radical (unpaired) electrons. The topological polar surface area (TPSA) is 85.1 Å². The number of anilines is 1. The highest BCUT2D eigenvalue weighted by Gasteiger charge is 2.19. The summed E-state index contributed by atoms with van der Waals surface area (Å²) in [7, 11) is -3.49. The second kappa shape index (κ2) is 5.18. The molecule has 2 rings (SSSR count). The normalized spacial score (nSPS) is 11.8. The standard InChI is InChI=1S/C11H12ClN3O3S/c1-7(2)19(16,17)15-11-13-10(14-18-11)8-3-5-9(12)6-4-8/h3-7H,1-2H3,(H,13,14,15). The first-order chi connectivity index (χ1) is 8.88. The minimum absolute atomic E-state index is 0.154. The van der Waals surface area contributed by atoms with E-state index in [-0.39, 0.29) is 11.8 Å². The fourth-order valence-electron chi connectivity index (χ4n) is 1.22. The Hall–Kier alpha value is -1.60. The number of aromatic nitrogens is 2. The van der Waals surface area contributed by atoms with E-state index in [0.717, 1.165) is 0 Å². The molecule has 1 heterocycles. The van der Waals surface area contributed by atoms with E-state index >= 15 is 0 Å². The molecule has 0 aliphatic rings. The lowest BCUT2D eigenvalue weighted by molar-refractivity contribution is 0.435. The molecular formula is C11H12ClN3O3S. The zero-order valence-corrected chi connectivity index (χ0v) is 11.9. The summed E-state index contributed by atoms with van der Waals surface area (Å²) in [4.78, 5) is 3.97. The summed E-state index contributed by atoms with van der Waals surface area (Å²) >= 11 is 5.77. The number of hydrogen-bond donors (Lipinski definition) is 1. The van der Waals surface area contributed by atoms with Gasteiger partial charge in [0.2, 0.25) is 15.8 Å². The Bertz CT molecular complexity index is 665. The van der Waals surface area contributed by atoms with Crippen molar-refractivity contribution >= 4 is 27.6 Å². The van der Waals surface area contributed by atoms with Crippen molar-refractivity contribution in [2.24, 2.45) is 0 Å². The molecule has 1 N–H and O–H groups in total. The van der Waals surface area contributed by atoms with Gasteiger partial charge in [-0.25, -0.2) is 13.1 Å². The van der Waals surface area contributed by atoms with Crippen LogP contribution in [0.5, 0.6) is 0 Å². The Labute approximate surface area is 115 Å². The molecule has 0 unspecified atom stereocenters. The Morgan fingerprint density at radius 1 is 1.26 bits per heavy atom. The second-order valence-corrected chi connectivity index (χ2v) is 6.80. The van der Waals surface area contributed by atoms with Crippen LogP contribution in [0.15, 0.2) is 28.8 Å². The van der Waals surface area contributed by atoms with Crippen molar-refractivity contribution < 1.29 is 12.9 Å². The van der Waals surface area contributed by atoms with Crippen molar-refractivity contribution in [3.8, 4) is 11.4 Å². The number of halogens is 1. The van der Waals surface area contributed by atoms with Gasteiger partial charge in [0.05, 0.1) is 5.25 Å². The Morgan fingerprint density at radius 3 is 2.47 bits per heavy atom. The largest absolute Gasteiger partial charge is 0.335 e. The Balaban J connectivity index is 2.22. The Kier molecular flexibility index (Phi) is 3.77. The summed E-state index contributed by atoms with van der Waals surface area (Å²) in [6.07, 6.45) is 0. The van der Waals surface area contributed by atoms with Crippen LogP contribution in [-0.4, -0.2) is 23.8 Å². The fraction of sp³-hybridized carbons (Fsp3) is 0.273. The van der Waals surface area contributed by atoms with Crippen LogP contribution in [0.2, 0.25) is 5.02 Å². The molecule has 2 aromatic rings. The van der Waals surface area contributed by atoms with Crippen LogP contribution in [0.4, 0.5) is 6.01 Å². The molecule has 0 amide bonds. The van der Waals surface area contributed by atoms with Gasteiger partial charge >= 0.3 is 6.01 Å². The molecule has 8 heteroatoms. The van der Waals surface area contributed by atoms with Crippen LogP contribution < -0.4 is 4.72 Å². The third-order valence-electron chi connectivity index (χ3n) is 2.38. The van der Waals surface area contributed by atoms with E-state index in [4.69, 9.17) is 16.1 Å². The van der Waals surface area contributed by atoms with Gasteiger partial charge in [-0.1, -0.05) is 16.8 Å². The summed E-state index contributed by atoms with van der Waals surface area (Å²) < 4.78 is 30.3. The SMILES string of the molecule is CC(C)S(=O)(=O)Nc1nc(-c2ccc(Cl)cc2)no1. The number of hydrogen-bond acceptors (Lipinski definition) is 5. The van der Waals surface area contributed by atoms with Crippen LogP contribution in [0, 0.1) is 0 Å². The molecular weight excluding hydrogens is 290 g/mol.